The van der Waals surface area contributed by atoms with Gasteiger partial charge < -0.3 is 15.7 Å². The number of urea groups is 1. The van der Waals surface area contributed by atoms with Crippen LogP contribution in [0.2, 0.25) is 0 Å². The van der Waals surface area contributed by atoms with Gasteiger partial charge in [-0.05, 0) is 24.1 Å². The molecule has 0 aliphatic rings. The lowest BCUT2D eigenvalue weighted by atomic mass is 10.1. The second-order valence-electron chi connectivity index (χ2n) is 4.28. The van der Waals surface area contributed by atoms with Gasteiger partial charge >= 0.3 is 12.0 Å². The number of rotatable bonds is 4. The van der Waals surface area contributed by atoms with Crippen molar-refractivity contribution in [1.29, 1.82) is 0 Å². The van der Waals surface area contributed by atoms with Gasteiger partial charge in [0.15, 0.2) is 0 Å². The topological polar surface area (TPSA) is 78.4 Å². The van der Waals surface area contributed by atoms with Crippen LogP contribution in [0.15, 0.2) is 22.7 Å². The number of hydrogen-bond acceptors (Lipinski definition) is 2. The molecule has 19 heavy (non-hydrogen) atoms. The largest absolute Gasteiger partial charge is 0.480 e. The normalized spacial score (nSPS) is 12.1. The number of carbonyl (C=O) groups excluding carboxylic acids is 1. The highest BCUT2D eigenvalue weighted by Crippen LogP contribution is 2.19. The van der Waals surface area contributed by atoms with E-state index in [4.69, 9.17) is 5.11 Å². The number of carbonyl (C=O) groups is 2. The van der Waals surface area contributed by atoms with E-state index in [-0.39, 0.29) is 11.6 Å². The lowest BCUT2D eigenvalue weighted by Crippen LogP contribution is -2.46. The number of carboxylic acids is 1. The molecule has 0 bridgehead atoms. The fourth-order valence-corrected chi connectivity index (χ4v) is 1.77. The summed E-state index contributed by atoms with van der Waals surface area (Å²) in [5.41, 5.74) is -0.0280. The van der Waals surface area contributed by atoms with Crippen LogP contribution in [-0.4, -0.2) is 23.1 Å². The van der Waals surface area contributed by atoms with E-state index in [9.17, 15) is 14.0 Å². The first-order valence-corrected chi connectivity index (χ1v) is 6.36. The fraction of sp³-hybridized carbons (Fsp3) is 0.333. The summed E-state index contributed by atoms with van der Waals surface area (Å²) in [6.07, 6.45) is 0. The minimum Gasteiger partial charge on any atom is -0.480 e. The van der Waals surface area contributed by atoms with Crippen LogP contribution in [0.3, 0.4) is 0 Å². The molecule has 0 fully saturated rings. The van der Waals surface area contributed by atoms with Gasteiger partial charge in [0.2, 0.25) is 0 Å². The number of halogens is 2. The third kappa shape index (κ3) is 4.51. The molecule has 0 aromatic heterocycles. The van der Waals surface area contributed by atoms with E-state index in [0.29, 0.717) is 4.47 Å². The van der Waals surface area contributed by atoms with Crippen LogP contribution in [-0.2, 0) is 4.79 Å². The van der Waals surface area contributed by atoms with Gasteiger partial charge in [0.25, 0.3) is 0 Å². The molecule has 1 aromatic rings. The fourth-order valence-electron chi connectivity index (χ4n) is 1.41. The van der Waals surface area contributed by atoms with Crippen molar-refractivity contribution in [3.63, 3.8) is 0 Å². The summed E-state index contributed by atoms with van der Waals surface area (Å²) in [4.78, 5) is 22.6. The van der Waals surface area contributed by atoms with Crippen LogP contribution in [0.1, 0.15) is 13.8 Å². The highest BCUT2D eigenvalue weighted by atomic mass is 79.9. The van der Waals surface area contributed by atoms with Crippen molar-refractivity contribution in [1.82, 2.24) is 5.32 Å². The van der Waals surface area contributed by atoms with Gasteiger partial charge in [-0.1, -0.05) is 29.8 Å². The molecule has 0 heterocycles. The molecule has 0 saturated heterocycles. The van der Waals surface area contributed by atoms with Crippen LogP contribution in [0, 0.1) is 11.7 Å². The third-order valence-electron chi connectivity index (χ3n) is 2.40. The average Bonchev–Trinajstić information content (AvgIpc) is 2.30. The van der Waals surface area contributed by atoms with Crippen molar-refractivity contribution in [3.8, 4) is 0 Å². The number of amides is 2. The van der Waals surface area contributed by atoms with Gasteiger partial charge in [-0.3, -0.25) is 0 Å². The summed E-state index contributed by atoms with van der Waals surface area (Å²) in [7, 11) is 0. The van der Waals surface area contributed by atoms with E-state index in [1.54, 1.807) is 13.8 Å². The van der Waals surface area contributed by atoms with Gasteiger partial charge in [-0.15, -0.1) is 0 Å². The molecule has 1 rings (SSSR count). The standard InChI is InChI=1S/C12H14BrFN2O3/c1-6(2)10(11(17)18)16-12(19)15-9-5-7(13)3-4-8(9)14/h3-6,10H,1-2H3,(H,17,18)(H2,15,16,19)/t10-/m1/s1. The van der Waals surface area contributed by atoms with Gasteiger partial charge in [0, 0.05) is 4.47 Å². The summed E-state index contributed by atoms with van der Waals surface area (Å²) in [6.45, 7) is 3.33. The molecular formula is C12H14BrFN2O3. The molecule has 5 nitrogen and oxygen atoms in total. The first-order chi connectivity index (χ1) is 8.81. The van der Waals surface area contributed by atoms with E-state index in [1.165, 1.54) is 18.2 Å². The number of anilines is 1. The van der Waals surface area contributed by atoms with Crippen LogP contribution in [0.4, 0.5) is 14.9 Å². The molecule has 3 N–H and O–H groups in total. The quantitative estimate of drug-likeness (QED) is 0.793. The molecule has 104 valence electrons. The zero-order valence-corrected chi connectivity index (χ0v) is 12.0. The zero-order chi connectivity index (χ0) is 14.6. The van der Waals surface area contributed by atoms with Crippen LogP contribution >= 0.6 is 15.9 Å². The number of nitrogens with one attached hydrogen (secondary N) is 2. The van der Waals surface area contributed by atoms with Crippen LogP contribution < -0.4 is 10.6 Å². The summed E-state index contributed by atoms with van der Waals surface area (Å²) in [5, 5.41) is 13.5. The van der Waals surface area contributed by atoms with E-state index in [1.807, 2.05) is 0 Å². The minimum atomic E-state index is -1.14. The Labute approximate surface area is 118 Å². The zero-order valence-electron chi connectivity index (χ0n) is 10.4. The Morgan fingerprint density at radius 2 is 2.00 bits per heavy atom. The second kappa shape index (κ2) is 6.51. The Balaban J connectivity index is 2.74. The van der Waals surface area contributed by atoms with E-state index in [2.05, 4.69) is 26.6 Å². The first kappa shape index (κ1) is 15.4. The number of carboxylic acid groups (broad SMARTS) is 1. The monoisotopic (exact) mass is 332 g/mol. The smallest absolute Gasteiger partial charge is 0.326 e. The van der Waals surface area contributed by atoms with Crippen molar-refractivity contribution in [3.05, 3.63) is 28.5 Å². The summed E-state index contributed by atoms with van der Waals surface area (Å²) in [5.74, 6) is -2.02. The Morgan fingerprint density at radius 3 is 2.53 bits per heavy atom. The summed E-state index contributed by atoms with van der Waals surface area (Å²) in [6, 6.07) is 2.28. The van der Waals surface area contributed by atoms with Crippen molar-refractivity contribution in [2.45, 2.75) is 19.9 Å². The van der Waals surface area contributed by atoms with Crippen molar-refractivity contribution in [2.75, 3.05) is 5.32 Å². The molecule has 7 heteroatoms. The van der Waals surface area contributed by atoms with Crippen molar-refractivity contribution >= 4 is 33.6 Å². The number of benzene rings is 1. The average molecular weight is 333 g/mol. The lowest BCUT2D eigenvalue weighted by molar-refractivity contribution is -0.140. The second-order valence-corrected chi connectivity index (χ2v) is 5.20. The Kier molecular flexibility index (Phi) is 5.29. The molecule has 0 spiro atoms. The van der Waals surface area contributed by atoms with Crippen molar-refractivity contribution < 1.29 is 19.1 Å². The molecule has 1 atom stereocenters. The molecule has 1 aromatic carbocycles. The summed E-state index contributed by atoms with van der Waals surface area (Å²) < 4.78 is 14.0. The predicted molar refractivity (Wildman–Crippen MR) is 72.5 cm³/mol. The Morgan fingerprint density at radius 1 is 1.37 bits per heavy atom. The molecular weight excluding hydrogens is 319 g/mol. The molecule has 0 unspecified atom stereocenters. The van der Waals surface area contributed by atoms with Crippen molar-refractivity contribution in [2.24, 2.45) is 5.92 Å². The Bertz CT molecular complexity index is 494. The van der Waals surface area contributed by atoms with E-state index in [0.717, 1.165) is 0 Å². The maximum absolute atomic E-state index is 13.4. The molecule has 2 amide bonds. The maximum atomic E-state index is 13.4. The Hall–Kier alpha value is -1.63. The molecule has 0 aliphatic heterocycles. The van der Waals surface area contributed by atoms with Gasteiger partial charge in [-0.2, -0.15) is 0 Å². The molecule has 0 aliphatic carbocycles. The van der Waals surface area contributed by atoms with Crippen LogP contribution in [0.5, 0.6) is 0 Å². The van der Waals surface area contributed by atoms with Gasteiger partial charge in [-0.25, -0.2) is 14.0 Å². The molecule has 0 saturated carbocycles. The SMILES string of the molecule is CC(C)[C@@H](NC(=O)Nc1cc(Br)ccc1F)C(=O)O. The number of hydrogen-bond donors (Lipinski definition) is 3. The summed E-state index contributed by atoms with van der Waals surface area (Å²) >= 11 is 3.15. The highest BCUT2D eigenvalue weighted by molar-refractivity contribution is 9.10. The number of aliphatic carboxylic acids is 1. The highest BCUT2D eigenvalue weighted by Gasteiger charge is 2.23. The first-order valence-electron chi connectivity index (χ1n) is 5.56. The molecule has 0 radical (unpaired) electrons. The minimum absolute atomic E-state index is 0.0280. The lowest BCUT2D eigenvalue weighted by Gasteiger charge is -2.18. The van der Waals surface area contributed by atoms with E-state index >= 15 is 0 Å². The predicted octanol–water partition coefficient (Wildman–Crippen LogP) is 2.82. The van der Waals surface area contributed by atoms with E-state index < -0.39 is 23.9 Å². The van der Waals surface area contributed by atoms with Gasteiger partial charge in [0.1, 0.15) is 11.9 Å². The maximum Gasteiger partial charge on any atom is 0.326 e. The third-order valence-corrected chi connectivity index (χ3v) is 2.89. The van der Waals surface area contributed by atoms with Gasteiger partial charge in [0.05, 0.1) is 5.69 Å². The van der Waals surface area contributed by atoms with Crippen LogP contribution in [0.25, 0.3) is 0 Å².